The molecule has 0 bridgehead atoms. The van der Waals surface area contributed by atoms with Crippen molar-refractivity contribution in [3.8, 4) is 0 Å². The molecular formula is C37H55F2N7O3. The van der Waals surface area contributed by atoms with Gasteiger partial charge in [0.2, 0.25) is 5.91 Å². The third-order valence-corrected chi connectivity index (χ3v) is 10.6. The number of nitrogens with one attached hydrogen (secondary N) is 2. The van der Waals surface area contributed by atoms with Crippen molar-refractivity contribution in [2.24, 2.45) is 5.41 Å². The predicted octanol–water partition coefficient (Wildman–Crippen LogP) is 6.36. The van der Waals surface area contributed by atoms with Gasteiger partial charge in [0.15, 0.2) is 0 Å². The van der Waals surface area contributed by atoms with Crippen molar-refractivity contribution in [3.05, 3.63) is 41.7 Å². The number of hydrogen-bond acceptors (Lipinski definition) is 8. The molecule has 1 amide bonds. The molecule has 0 atom stereocenters. The van der Waals surface area contributed by atoms with Crippen molar-refractivity contribution in [1.82, 2.24) is 20.2 Å². The lowest BCUT2D eigenvalue weighted by Gasteiger charge is -2.48. The number of piperazine rings is 1. The van der Waals surface area contributed by atoms with Crippen LogP contribution in [0.2, 0.25) is 0 Å². The number of anilines is 3. The number of halogens is 2. The zero-order valence-electron chi connectivity index (χ0n) is 29.4. The van der Waals surface area contributed by atoms with Gasteiger partial charge in [-0.05, 0) is 63.1 Å². The Labute approximate surface area is 290 Å². The number of likely N-dealkylation sites (tertiary alicyclic amines) is 1. The van der Waals surface area contributed by atoms with E-state index in [0.29, 0.717) is 44.6 Å². The minimum atomic E-state index is -0.711. The second-order valence-electron chi connectivity index (χ2n) is 15.2. The van der Waals surface area contributed by atoms with Gasteiger partial charge in [-0.25, -0.2) is 18.7 Å². The monoisotopic (exact) mass is 683 g/mol. The second-order valence-corrected chi connectivity index (χ2v) is 15.2. The first-order valence-electron chi connectivity index (χ1n) is 18.3. The molecule has 49 heavy (non-hydrogen) atoms. The van der Waals surface area contributed by atoms with E-state index in [-0.39, 0.29) is 30.0 Å². The first-order chi connectivity index (χ1) is 23.5. The molecule has 1 aromatic heterocycles. The number of nitrogens with zero attached hydrogens (tertiary/aromatic N) is 5. The van der Waals surface area contributed by atoms with Crippen molar-refractivity contribution in [2.45, 2.75) is 109 Å². The minimum Gasteiger partial charge on any atom is -0.481 e. The number of hydrogen-bond donors (Lipinski definition) is 3. The van der Waals surface area contributed by atoms with Gasteiger partial charge < -0.3 is 25.5 Å². The first-order valence-corrected chi connectivity index (χ1v) is 18.3. The van der Waals surface area contributed by atoms with Gasteiger partial charge in [0.25, 0.3) is 0 Å². The van der Waals surface area contributed by atoms with E-state index in [0.717, 1.165) is 82.6 Å². The molecule has 10 nitrogen and oxygen atoms in total. The highest BCUT2D eigenvalue weighted by Gasteiger charge is 2.42. The van der Waals surface area contributed by atoms with Crippen LogP contribution in [0, 0.1) is 17.0 Å². The van der Waals surface area contributed by atoms with Gasteiger partial charge in [-0.3, -0.25) is 14.5 Å². The van der Waals surface area contributed by atoms with Crippen molar-refractivity contribution in [1.29, 1.82) is 0 Å². The molecule has 1 spiro atoms. The maximum absolute atomic E-state index is 15.5. The van der Waals surface area contributed by atoms with Gasteiger partial charge in [0.1, 0.15) is 29.6 Å². The largest absolute Gasteiger partial charge is 0.481 e. The summed E-state index contributed by atoms with van der Waals surface area (Å²) < 4.78 is 30.9. The Hall–Kier alpha value is -3.54. The van der Waals surface area contributed by atoms with Gasteiger partial charge in [-0.2, -0.15) is 0 Å². The Bertz CT molecular complexity index is 1410. The summed E-state index contributed by atoms with van der Waals surface area (Å²) in [5.74, 6) is -0.185. The van der Waals surface area contributed by atoms with E-state index in [1.165, 1.54) is 25.0 Å². The lowest BCUT2D eigenvalue weighted by atomic mass is 9.82. The number of aliphatic carboxylic acids is 1. The molecule has 3 fully saturated rings. The zero-order chi connectivity index (χ0) is 34.9. The highest BCUT2D eigenvalue weighted by Crippen LogP contribution is 2.34. The molecular weight excluding hydrogens is 628 g/mol. The first kappa shape index (κ1) is 36.7. The van der Waals surface area contributed by atoms with Crippen molar-refractivity contribution < 1.29 is 23.5 Å². The number of carbonyl (C=O) groups is 2. The molecule has 1 aromatic carbocycles. The van der Waals surface area contributed by atoms with Crippen LogP contribution in [0.4, 0.5) is 26.1 Å². The fourth-order valence-corrected chi connectivity index (χ4v) is 7.38. The van der Waals surface area contributed by atoms with E-state index in [9.17, 15) is 9.59 Å². The molecule has 3 aliphatic rings. The molecule has 270 valence electrons. The van der Waals surface area contributed by atoms with Crippen LogP contribution in [0.15, 0.2) is 24.5 Å². The van der Waals surface area contributed by atoms with Crippen molar-refractivity contribution in [2.75, 3.05) is 60.9 Å². The molecule has 3 N–H and O–H groups in total. The van der Waals surface area contributed by atoms with Crippen LogP contribution >= 0.6 is 0 Å². The molecule has 0 unspecified atom stereocenters. The Morgan fingerprint density at radius 2 is 1.55 bits per heavy atom. The lowest BCUT2D eigenvalue weighted by molar-refractivity contribution is -0.137. The van der Waals surface area contributed by atoms with E-state index in [4.69, 9.17) is 5.11 Å². The average Bonchev–Trinajstić information content (AvgIpc) is 3.06. The summed E-state index contributed by atoms with van der Waals surface area (Å²) in [6.45, 7) is 9.22. The number of amides is 1. The van der Waals surface area contributed by atoms with Gasteiger partial charge in [0.05, 0.1) is 17.8 Å². The number of piperidine rings is 2. The smallest absolute Gasteiger partial charge is 0.303 e. The maximum Gasteiger partial charge on any atom is 0.303 e. The highest BCUT2D eigenvalue weighted by atomic mass is 19.1. The standard InChI is InChI=1S/C37H55F2N7O3/c1-36(2)12-17-44(18-13-36)24-28-21-30(39)31(22-29(28)38)46-25-34(47)43-37(26-46)14-19-45(20-15-37)33-23-32(41-27-42-33)40-16-10-8-6-4-3-5-7-9-11-35(48)49/h21-23,27H,3-20,24-26H2,1-2H3,(H,43,47)(H,48,49)(H,40,41,42). The zero-order valence-corrected chi connectivity index (χ0v) is 29.4. The van der Waals surface area contributed by atoms with Crippen LogP contribution in [-0.4, -0.2) is 83.2 Å². The molecule has 0 radical (unpaired) electrons. The lowest BCUT2D eigenvalue weighted by Crippen LogP contribution is -2.66. The number of carboxylic acids is 1. The quantitative estimate of drug-likeness (QED) is 0.174. The fraction of sp³-hybridized carbons (Fsp3) is 0.676. The van der Waals surface area contributed by atoms with Crippen molar-refractivity contribution in [3.63, 3.8) is 0 Å². The summed E-state index contributed by atoms with van der Waals surface area (Å²) in [5, 5.41) is 15.3. The van der Waals surface area contributed by atoms with E-state index < -0.39 is 23.1 Å². The second kappa shape index (κ2) is 16.9. The van der Waals surface area contributed by atoms with E-state index in [2.05, 4.69) is 44.2 Å². The summed E-state index contributed by atoms with van der Waals surface area (Å²) in [4.78, 5) is 38.5. The Morgan fingerprint density at radius 1 is 0.878 bits per heavy atom. The van der Waals surface area contributed by atoms with Gasteiger partial charge in [-0.1, -0.05) is 52.4 Å². The Balaban J connectivity index is 1.07. The third-order valence-electron chi connectivity index (χ3n) is 10.6. The van der Waals surface area contributed by atoms with Crippen LogP contribution in [-0.2, 0) is 16.1 Å². The maximum atomic E-state index is 15.5. The van der Waals surface area contributed by atoms with Crippen LogP contribution < -0.4 is 20.4 Å². The van der Waals surface area contributed by atoms with E-state index >= 15 is 8.78 Å². The van der Waals surface area contributed by atoms with E-state index in [1.54, 1.807) is 11.2 Å². The summed E-state index contributed by atoms with van der Waals surface area (Å²) >= 11 is 0. The summed E-state index contributed by atoms with van der Waals surface area (Å²) in [6, 6.07) is 4.57. The Morgan fingerprint density at radius 3 is 2.24 bits per heavy atom. The minimum absolute atomic E-state index is 0.00207. The molecule has 0 saturated carbocycles. The molecule has 2 aromatic rings. The molecule has 3 aliphatic heterocycles. The molecule has 0 aliphatic carbocycles. The fourth-order valence-electron chi connectivity index (χ4n) is 7.38. The number of carbonyl (C=O) groups excluding carboxylic acids is 1. The Kier molecular flexibility index (Phi) is 12.7. The van der Waals surface area contributed by atoms with Crippen LogP contribution in [0.25, 0.3) is 0 Å². The number of aromatic nitrogens is 2. The number of rotatable bonds is 16. The van der Waals surface area contributed by atoms with E-state index in [1.807, 2.05) is 6.07 Å². The predicted molar refractivity (Wildman–Crippen MR) is 189 cm³/mol. The normalized spacial score (nSPS) is 19.2. The molecule has 4 heterocycles. The number of carboxylic acid groups (broad SMARTS) is 1. The topological polar surface area (TPSA) is 114 Å². The van der Waals surface area contributed by atoms with Crippen LogP contribution in [0.5, 0.6) is 0 Å². The average molecular weight is 684 g/mol. The highest BCUT2D eigenvalue weighted by molar-refractivity contribution is 5.84. The van der Waals surface area contributed by atoms with Gasteiger partial charge in [-0.15, -0.1) is 0 Å². The number of unbranched alkanes of at least 4 members (excludes halogenated alkanes) is 7. The number of benzene rings is 1. The summed E-state index contributed by atoms with van der Waals surface area (Å²) in [5.41, 5.74) is 0.274. The summed E-state index contributed by atoms with van der Waals surface area (Å²) in [7, 11) is 0. The summed E-state index contributed by atoms with van der Waals surface area (Å²) in [6.07, 6.45) is 13.8. The van der Waals surface area contributed by atoms with Gasteiger partial charge in [0, 0.05) is 56.8 Å². The SMILES string of the molecule is CC1(C)CCN(Cc2cc(F)c(N3CC(=O)NC4(CCN(c5cc(NCCCCCCCCCCC(=O)O)ncn5)CC4)C3)cc2F)CC1. The molecule has 3 saturated heterocycles. The van der Waals surface area contributed by atoms with Gasteiger partial charge >= 0.3 is 5.97 Å². The van der Waals surface area contributed by atoms with Crippen LogP contribution in [0.3, 0.4) is 0 Å². The third kappa shape index (κ3) is 10.7. The van der Waals surface area contributed by atoms with Crippen molar-refractivity contribution >= 4 is 29.2 Å². The molecule has 12 heteroatoms. The molecule has 5 rings (SSSR count). The van der Waals surface area contributed by atoms with Crippen LogP contribution in [0.1, 0.15) is 103 Å².